The third-order valence-electron chi connectivity index (χ3n) is 1.99. The Labute approximate surface area is 95.5 Å². The largest absolute Gasteiger partial charge is 0.379 e. The van der Waals surface area contributed by atoms with Crippen LogP contribution >= 0.6 is 12.2 Å². The molecule has 88 valence electrons. The van der Waals surface area contributed by atoms with Gasteiger partial charge in [-0.25, -0.2) is 0 Å². The molecule has 1 aliphatic heterocycles. The van der Waals surface area contributed by atoms with Crippen molar-refractivity contribution in [3.63, 3.8) is 0 Å². The zero-order valence-electron chi connectivity index (χ0n) is 8.59. The fourth-order valence-electron chi connectivity index (χ4n) is 1.36. The molecule has 1 rings (SSSR count). The number of nitrogens with zero attached hydrogens (tertiary/aromatic N) is 1. The molecule has 0 aromatic rings. The fraction of sp³-hybridized carbons (Fsp3) is 0.875. The van der Waals surface area contributed by atoms with Gasteiger partial charge in [-0.3, -0.25) is 9.08 Å². The number of hydrogen-bond donors (Lipinski definition) is 0. The van der Waals surface area contributed by atoms with Crippen LogP contribution in [0.3, 0.4) is 0 Å². The highest BCUT2D eigenvalue weighted by atomic mass is 32.2. The van der Waals surface area contributed by atoms with Crippen molar-refractivity contribution in [1.29, 1.82) is 0 Å². The molecule has 0 radical (unpaired) electrons. The molecule has 1 heterocycles. The highest BCUT2D eigenvalue weighted by Crippen LogP contribution is 2.02. The lowest BCUT2D eigenvalue weighted by molar-refractivity contribution is 0.0285. The summed E-state index contributed by atoms with van der Waals surface area (Å²) in [6, 6.07) is 0. The van der Waals surface area contributed by atoms with Gasteiger partial charge < -0.3 is 4.74 Å². The van der Waals surface area contributed by atoms with Gasteiger partial charge in [0.25, 0.3) is 10.1 Å². The molecule has 1 aliphatic rings. The van der Waals surface area contributed by atoms with Crippen LogP contribution < -0.4 is 0 Å². The molecule has 0 aliphatic carbocycles. The van der Waals surface area contributed by atoms with Gasteiger partial charge in [-0.1, -0.05) is 12.2 Å². The predicted octanol–water partition coefficient (Wildman–Crippen LogP) is -0.337. The van der Waals surface area contributed by atoms with E-state index < -0.39 is 16.2 Å². The summed E-state index contributed by atoms with van der Waals surface area (Å²) in [5.41, 5.74) is 0. The summed E-state index contributed by atoms with van der Waals surface area (Å²) in [7, 11) is -3.44. The molecule has 1 saturated heterocycles. The van der Waals surface area contributed by atoms with Crippen molar-refractivity contribution in [2.24, 2.45) is 0 Å². The van der Waals surface area contributed by atoms with Crippen LogP contribution in [-0.2, 0) is 19.0 Å². The second-order valence-corrected chi connectivity index (χ2v) is 5.26. The first-order valence-corrected chi connectivity index (χ1v) is 6.94. The molecular formula is C8H15NO4S2. The zero-order chi connectivity index (χ0) is 11.3. The Morgan fingerprint density at radius 1 is 1.53 bits per heavy atom. The van der Waals surface area contributed by atoms with Crippen LogP contribution in [0.25, 0.3) is 0 Å². The summed E-state index contributed by atoms with van der Waals surface area (Å²) in [5.74, 6) is 0. The van der Waals surface area contributed by atoms with E-state index in [1.54, 1.807) is 0 Å². The van der Waals surface area contributed by atoms with Gasteiger partial charge in [0.2, 0.25) is 0 Å². The van der Waals surface area contributed by atoms with Crippen molar-refractivity contribution in [3.05, 3.63) is 0 Å². The number of hydrogen-bond acceptors (Lipinski definition) is 6. The second kappa shape index (κ2) is 5.86. The van der Waals surface area contributed by atoms with E-state index in [1.165, 1.54) is 5.37 Å². The van der Waals surface area contributed by atoms with Gasteiger partial charge in [0.05, 0.1) is 19.5 Å². The van der Waals surface area contributed by atoms with Crippen molar-refractivity contribution in [1.82, 2.24) is 4.90 Å². The number of rotatable bonds is 5. The minimum atomic E-state index is -3.44. The molecule has 0 N–H and O–H groups in total. The highest BCUT2D eigenvalue weighted by Gasteiger charge is 2.18. The lowest BCUT2D eigenvalue weighted by atomic mass is 10.3. The summed E-state index contributed by atoms with van der Waals surface area (Å²) in [6.45, 7) is 3.41. The third kappa shape index (κ3) is 5.53. The summed E-state index contributed by atoms with van der Waals surface area (Å²) in [6.07, 6.45) is 0.478. The Bertz CT molecular complexity index is 298. The van der Waals surface area contributed by atoms with Crippen LogP contribution in [0.5, 0.6) is 0 Å². The molecule has 5 nitrogen and oxygen atoms in total. The minimum Gasteiger partial charge on any atom is -0.379 e. The van der Waals surface area contributed by atoms with Gasteiger partial charge >= 0.3 is 0 Å². The molecule has 0 amide bonds. The maximum Gasteiger partial charge on any atom is 0.265 e. The average Bonchev–Trinajstić information content (AvgIpc) is 2.16. The summed E-state index contributed by atoms with van der Waals surface area (Å²) in [5, 5.41) is 1.34. The van der Waals surface area contributed by atoms with Crippen LogP contribution in [0.2, 0.25) is 0 Å². The lowest BCUT2D eigenvalue weighted by Gasteiger charge is -2.28. The van der Waals surface area contributed by atoms with Crippen molar-refractivity contribution in [2.45, 2.75) is 6.10 Å². The van der Waals surface area contributed by atoms with Gasteiger partial charge in [0.15, 0.2) is 0 Å². The van der Waals surface area contributed by atoms with Crippen LogP contribution in [0.15, 0.2) is 0 Å². The maximum atomic E-state index is 10.9. The Morgan fingerprint density at radius 2 is 2.13 bits per heavy atom. The molecule has 15 heavy (non-hydrogen) atoms. The Balaban J connectivity index is 2.42. The SMILES string of the molecule is CS(=O)(=O)OC(C=S)CN1CCOCC1. The molecule has 1 fully saturated rings. The topological polar surface area (TPSA) is 55.8 Å². The number of thiocarbonyl (C=S) groups is 1. The summed E-state index contributed by atoms with van der Waals surface area (Å²) in [4.78, 5) is 2.07. The molecule has 1 atom stereocenters. The van der Waals surface area contributed by atoms with E-state index in [4.69, 9.17) is 21.1 Å². The van der Waals surface area contributed by atoms with E-state index in [9.17, 15) is 8.42 Å². The minimum absolute atomic E-state index is 0.500. The normalized spacial score (nSPS) is 21.1. The van der Waals surface area contributed by atoms with Crippen LogP contribution in [0, 0.1) is 0 Å². The molecule has 0 spiro atoms. The van der Waals surface area contributed by atoms with E-state index in [-0.39, 0.29) is 0 Å². The highest BCUT2D eigenvalue weighted by molar-refractivity contribution is 7.86. The predicted molar refractivity (Wildman–Crippen MR) is 60.6 cm³/mol. The van der Waals surface area contributed by atoms with E-state index in [2.05, 4.69) is 4.90 Å². The zero-order valence-corrected chi connectivity index (χ0v) is 10.2. The third-order valence-corrected chi connectivity index (χ3v) is 2.89. The molecule has 7 heteroatoms. The molecular weight excluding hydrogens is 238 g/mol. The molecule has 0 aromatic carbocycles. The fourth-order valence-corrected chi connectivity index (χ4v) is 2.14. The Hall–Kier alpha value is -0.0800. The van der Waals surface area contributed by atoms with Crippen LogP contribution in [-0.4, -0.2) is 63.9 Å². The number of ether oxygens (including phenoxy) is 1. The molecule has 1 unspecified atom stereocenters. The first-order valence-electron chi connectivity index (χ1n) is 4.65. The second-order valence-electron chi connectivity index (χ2n) is 3.39. The first kappa shape index (κ1) is 13.0. The van der Waals surface area contributed by atoms with Gasteiger partial charge in [-0.2, -0.15) is 8.42 Å². The molecule has 0 saturated carbocycles. The standard InChI is InChI=1S/C8H15NO4S2/c1-15(10,11)13-8(7-14)6-9-2-4-12-5-3-9/h7-8H,2-6H2,1H3. The number of morpholine rings is 1. The van der Waals surface area contributed by atoms with E-state index in [0.29, 0.717) is 19.8 Å². The van der Waals surface area contributed by atoms with E-state index in [0.717, 1.165) is 19.3 Å². The maximum absolute atomic E-state index is 10.9. The molecule has 0 bridgehead atoms. The van der Waals surface area contributed by atoms with Crippen molar-refractivity contribution < 1.29 is 17.3 Å². The smallest absolute Gasteiger partial charge is 0.265 e. The van der Waals surface area contributed by atoms with Gasteiger partial charge in [0, 0.05) is 25.0 Å². The monoisotopic (exact) mass is 253 g/mol. The lowest BCUT2D eigenvalue weighted by Crippen LogP contribution is -2.42. The average molecular weight is 253 g/mol. The van der Waals surface area contributed by atoms with Crippen LogP contribution in [0.1, 0.15) is 0 Å². The molecule has 0 aromatic heterocycles. The van der Waals surface area contributed by atoms with Gasteiger partial charge in [-0.05, 0) is 0 Å². The van der Waals surface area contributed by atoms with E-state index in [1.807, 2.05) is 0 Å². The quantitative estimate of drug-likeness (QED) is 0.494. The Morgan fingerprint density at radius 3 is 2.60 bits per heavy atom. The van der Waals surface area contributed by atoms with Gasteiger partial charge in [-0.15, -0.1) is 0 Å². The van der Waals surface area contributed by atoms with Crippen molar-refractivity contribution in [3.8, 4) is 0 Å². The van der Waals surface area contributed by atoms with E-state index >= 15 is 0 Å². The van der Waals surface area contributed by atoms with Crippen LogP contribution in [0.4, 0.5) is 0 Å². The van der Waals surface area contributed by atoms with Crippen molar-refractivity contribution >= 4 is 27.7 Å². The Kier molecular flexibility index (Phi) is 5.07. The van der Waals surface area contributed by atoms with Crippen molar-refractivity contribution in [2.75, 3.05) is 39.1 Å². The van der Waals surface area contributed by atoms with Gasteiger partial charge in [0.1, 0.15) is 6.10 Å². The summed E-state index contributed by atoms with van der Waals surface area (Å²) < 4.78 is 31.8. The first-order chi connectivity index (χ1) is 7.01. The summed E-state index contributed by atoms with van der Waals surface area (Å²) >= 11 is 4.74.